The molecule has 4 rings (SSSR count). The number of halogens is 1. The quantitative estimate of drug-likeness (QED) is 0.427. The predicted molar refractivity (Wildman–Crippen MR) is 119 cm³/mol. The van der Waals surface area contributed by atoms with Gasteiger partial charge in [0.15, 0.2) is 5.13 Å². The van der Waals surface area contributed by atoms with Crippen LogP contribution in [0.3, 0.4) is 0 Å². The maximum absolute atomic E-state index is 13.1. The molecule has 2 aromatic carbocycles. The molecule has 0 radical (unpaired) electrons. The van der Waals surface area contributed by atoms with Crippen molar-refractivity contribution in [3.63, 3.8) is 0 Å². The van der Waals surface area contributed by atoms with E-state index >= 15 is 0 Å². The molecule has 0 fully saturated rings. The Bertz CT molecular complexity index is 1170. The molecule has 1 N–H and O–H groups in total. The lowest BCUT2D eigenvalue weighted by molar-refractivity contribution is -0.115. The first-order chi connectivity index (χ1) is 14.5. The third kappa shape index (κ3) is 4.55. The summed E-state index contributed by atoms with van der Waals surface area (Å²) in [5, 5.41) is 6.01. The molecule has 0 atom stereocenters. The van der Waals surface area contributed by atoms with Crippen LogP contribution in [0.5, 0.6) is 5.75 Å². The third-order valence-electron chi connectivity index (χ3n) is 4.39. The minimum Gasteiger partial charge on any atom is -0.497 e. The highest BCUT2D eigenvalue weighted by molar-refractivity contribution is 7.16. The minimum atomic E-state index is -0.289. The molecule has 2 aromatic heterocycles. The molecular formula is C22H18FN3O2S2. The monoisotopic (exact) mass is 439 g/mol. The number of methoxy groups -OCH3 is 1. The van der Waals surface area contributed by atoms with Gasteiger partial charge in [0.2, 0.25) is 5.91 Å². The Morgan fingerprint density at radius 2 is 1.77 bits per heavy atom. The van der Waals surface area contributed by atoms with Crippen LogP contribution in [0.1, 0.15) is 10.6 Å². The van der Waals surface area contributed by atoms with Gasteiger partial charge in [0.05, 0.1) is 24.9 Å². The number of carbonyl (C=O) groups excluding carboxylic acids is 1. The van der Waals surface area contributed by atoms with Gasteiger partial charge in [-0.15, -0.1) is 22.7 Å². The standard InChI is InChI=1S/C22H18FN3O2S2/c1-13-20(14-5-9-18(28-2)10-6-14)26-22(30-13)25-19(27)11-17-12-29-21(24-17)15-3-7-16(23)8-4-15/h3-10,12H,11H2,1-2H3,(H,25,26,27). The van der Waals surface area contributed by atoms with Crippen molar-refractivity contribution < 1.29 is 13.9 Å². The molecule has 0 bridgehead atoms. The number of nitrogens with one attached hydrogen (secondary N) is 1. The number of aryl methyl sites for hydroxylation is 1. The molecule has 0 spiro atoms. The SMILES string of the molecule is COc1ccc(-c2nc(NC(=O)Cc3csc(-c4ccc(F)cc4)n3)sc2C)cc1. The molecule has 5 nitrogen and oxygen atoms in total. The second-order valence-corrected chi connectivity index (χ2v) is 8.59. The average Bonchev–Trinajstić information content (AvgIpc) is 3.35. The van der Waals surface area contributed by atoms with Crippen LogP contribution in [-0.4, -0.2) is 23.0 Å². The largest absolute Gasteiger partial charge is 0.497 e. The number of anilines is 1. The number of aromatic nitrogens is 2. The molecule has 0 saturated heterocycles. The van der Waals surface area contributed by atoms with Gasteiger partial charge in [0, 0.05) is 21.4 Å². The number of amides is 1. The van der Waals surface area contributed by atoms with Crippen LogP contribution in [-0.2, 0) is 11.2 Å². The first kappa shape index (κ1) is 20.2. The van der Waals surface area contributed by atoms with Gasteiger partial charge < -0.3 is 10.1 Å². The number of hydrogen-bond acceptors (Lipinski definition) is 6. The Balaban J connectivity index is 1.42. The van der Waals surface area contributed by atoms with Crippen molar-refractivity contribution >= 4 is 33.7 Å². The molecule has 0 aliphatic carbocycles. The van der Waals surface area contributed by atoms with Gasteiger partial charge in [-0.25, -0.2) is 14.4 Å². The normalized spacial score (nSPS) is 10.8. The number of benzene rings is 2. The maximum Gasteiger partial charge on any atom is 0.232 e. The van der Waals surface area contributed by atoms with E-state index < -0.39 is 0 Å². The molecule has 30 heavy (non-hydrogen) atoms. The molecule has 8 heteroatoms. The lowest BCUT2D eigenvalue weighted by Gasteiger charge is -2.02. The van der Waals surface area contributed by atoms with Crippen LogP contribution < -0.4 is 10.1 Å². The van der Waals surface area contributed by atoms with Crippen LogP contribution in [0.15, 0.2) is 53.9 Å². The molecule has 0 aliphatic heterocycles. The minimum absolute atomic E-state index is 0.147. The van der Waals surface area contributed by atoms with Crippen molar-refractivity contribution in [2.24, 2.45) is 0 Å². The molecule has 1 amide bonds. The summed E-state index contributed by atoms with van der Waals surface area (Å²) in [7, 11) is 1.63. The van der Waals surface area contributed by atoms with Crippen molar-refractivity contribution in [2.75, 3.05) is 12.4 Å². The van der Waals surface area contributed by atoms with Gasteiger partial charge in [-0.2, -0.15) is 0 Å². The smallest absolute Gasteiger partial charge is 0.232 e. The van der Waals surface area contributed by atoms with E-state index in [-0.39, 0.29) is 18.1 Å². The summed E-state index contributed by atoms with van der Waals surface area (Å²) in [6.07, 6.45) is 0.147. The van der Waals surface area contributed by atoms with E-state index in [4.69, 9.17) is 4.74 Å². The zero-order valence-electron chi connectivity index (χ0n) is 16.3. The van der Waals surface area contributed by atoms with Crippen LogP contribution >= 0.6 is 22.7 Å². The Labute approximate surface area is 181 Å². The Morgan fingerprint density at radius 1 is 1.07 bits per heavy atom. The third-order valence-corrected chi connectivity index (χ3v) is 6.22. The van der Waals surface area contributed by atoms with E-state index in [2.05, 4.69) is 15.3 Å². The van der Waals surface area contributed by atoms with Gasteiger partial charge in [0.1, 0.15) is 16.6 Å². The van der Waals surface area contributed by atoms with Crippen LogP contribution in [0, 0.1) is 12.7 Å². The Hall–Kier alpha value is -3.10. The van der Waals surface area contributed by atoms with E-state index in [9.17, 15) is 9.18 Å². The van der Waals surface area contributed by atoms with Crippen molar-refractivity contribution in [3.05, 3.63) is 70.3 Å². The van der Waals surface area contributed by atoms with E-state index in [1.807, 2.05) is 36.6 Å². The number of ether oxygens (including phenoxy) is 1. The van der Waals surface area contributed by atoms with Gasteiger partial charge in [-0.05, 0) is 55.5 Å². The van der Waals surface area contributed by atoms with Crippen molar-refractivity contribution in [2.45, 2.75) is 13.3 Å². The fourth-order valence-electron chi connectivity index (χ4n) is 2.91. The van der Waals surface area contributed by atoms with Crippen molar-refractivity contribution in [3.8, 4) is 27.6 Å². The maximum atomic E-state index is 13.1. The highest BCUT2D eigenvalue weighted by Gasteiger charge is 2.14. The number of nitrogens with zero attached hydrogens (tertiary/aromatic N) is 2. The number of carbonyl (C=O) groups is 1. The molecule has 0 unspecified atom stereocenters. The summed E-state index contributed by atoms with van der Waals surface area (Å²) < 4.78 is 18.3. The fourth-order valence-corrected chi connectivity index (χ4v) is 4.59. The summed E-state index contributed by atoms with van der Waals surface area (Å²) in [5.41, 5.74) is 3.30. The summed E-state index contributed by atoms with van der Waals surface area (Å²) in [6.45, 7) is 1.97. The van der Waals surface area contributed by atoms with Crippen LogP contribution in [0.2, 0.25) is 0 Å². The first-order valence-electron chi connectivity index (χ1n) is 9.14. The lowest BCUT2D eigenvalue weighted by atomic mass is 10.1. The zero-order chi connectivity index (χ0) is 21.1. The second kappa shape index (κ2) is 8.73. The van der Waals surface area contributed by atoms with Gasteiger partial charge in [0.25, 0.3) is 0 Å². The number of hydrogen-bond donors (Lipinski definition) is 1. The van der Waals surface area contributed by atoms with Crippen molar-refractivity contribution in [1.82, 2.24) is 9.97 Å². The molecule has 0 saturated carbocycles. The molecule has 152 valence electrons. The Kier molecular flexibility index (Phi) is 5.87. The topological polar surface area (TPSA) is 64.1 Å². The van der Waals surface area contributed by atoms with Crippen LogP contribution in [0.25, 0.3) is 21.8 Å². The molecule has 2 heterocycles. The molecule has 4 aromatic rings. The average molecular weight is 440 g/mol. The number of rotatable bonds is 6. The Morgan fingerprint density at radius 3 is 2.47 bits per heavy atom. The van der Waals surface area contributed by atoms with Crippen molar-refractivity contribution in [1.29, 1.82) is 0 Å². The van der Waals surface area contributed by atoms with Gasteiger partial charge in [-0.1, -0.05) is 0 Å². The van der Waals surface area contributed by atoms with E-state index in [0.29, 0.717) is 10.8 Å². The molecular weight excluding hydrogens is 421 g/mol. The highest BCUT2D eigenvalue weighted by Crippen LogP contribution is 2.31. The summed E-state index contributed by atoms with van der Waals surface area (Å²) >= 11 is 2.86. The van der Waals surface area contributed by atoms with E-state index in [1.54, 1.807) is 19.2 Å². The predicted octanol–water partition coefficient (Wildman–Crippen LogP) is 5.57. The van der Waals surface area contributed by atoms with Crippen LogP contribution in [0.4, 0.5) is 9.52 Å². The van der Waals surface area contributed by atoms with Gasteiger partial charge >= 0.3 is 0 Å². The summed E-state index contributed by atoms with van der Waals surface area (Å²) in [4.78, 5) is 22.5. The highest BCUT2D eigenvalue weighted by atomic mass is 32.1. The second-order valence-electron chi connectivity index (χ2n) is 6.53. The fraction of sp³-hybridized carbons (Fsp3) is 0.136. The van der Waals surface area contributed by atoms with E-state index in [1.165, 1.54) is 34.8 Å². The summed E-state index contributed by atoms with van der Waals surface area (Å²) in [6, 6.07) is 13.8. The molecule has 0 aliphatic rings. The first-order valence-corrected chi connectivity index (χ1v) is 10.8. The zero-order valence-corrected chi connectivity index (χ0v) is 17.9. The lowest BCUT2D eigenvalue weighted by Crippen LogP contribution is -2.14. The van der Waals surface area contributed by atoms with E-state index in [0.717, 1.165) is 32.5 Å². The number of thiazole rings is 2. The van der Waals surface area contributed by atoms with Gasteiger partial charge in [-0.3, -0.25) is 4.79 Å². The summed E-state index contributed by atoms with van der Waals surface area (Å²) in [5.74, 6) is 0.312.